The predicted molar refractivity (Wildman–Crippen MR) is 82.2 cm³/mol. The van der Waals surface area contributed by atoms with Gasteiger partial charge in [0.2, 0.25) is 5.91 Å². The molecule has 4 N–H and O–H groups in total. The van der Waals surface area contributed by atoms with E-state index in [9.17, 15) is 9.18 Å². The fourth-order valence-corrected chi connectivity index (χ4v) is 1.49. The van der Waals surface area contributed by atoms with Crippen molar-refractivity contribution in [3.63, 3.8) is 0 Å². The van der Waals surface area contributed by atoms with Crippen LogP contribution in [0.3, 0.4) is 0 Å². The number of carbonyl (C=O) groups is 1. The van der Waals surface area contributed by atoms with Gasteiger partial charge in [-0.2, -0.15) is 0 Å². The second-order valence-electron chi connectivity index (χ2n) is 5.42. The standard InChI is InChI=1S/C15H23FN4O/c1-4-18-14(20-10-15(2,3)13(17)21)19-9-11-5-7-12(16)8-6-11/h5-8H,4,9-10H2,1-3H3,(H2,17,21)(H2,18,19,20). The van der Waals surface area contributed by atoms with Gasteiger partial charge in [-0.05, 0) is 38.5 Å². The fraction of sp³-hybridized carbons (Fsp3) is 0.467. The van der Waals surface area contributed by atoms with Crippen LogP contribution in [0.2, 0.25) is 0 Å². The topological polar surface area (TPSA) is 79.5 Å². The number of hydrogen-bond acceptors (Lipinski definition) is 2. The number of halogens is 1. The summed E-state index contributed by atoms with van der Waals surface area (Å²) in [6.45, 7) is 7.00. The summed E-state index contributed by atoms with van der Waals surface area (Å²) in [5, 5.41) is 6.18. The zero-order valence-electron chi connectivity index (χ0n) is 12.7. The highest BCUT2D eigenvalue weighted by molar-refractivity contribution is 5.83. The van der Waals surface area contributed by atoms with Gasteiger partial charge in [0.1, 0.15) is 5.82 Å². The van der Waals surface area contributed by atoms with Gasteiger partial charge in [0, 0.05) is 13.1 Å². The van der Waals surface area contributed by atoms with Crippen molar-refractivity contribution in [3.8, 4) is 0 Å². The molecule has 0 atom stereocenters. The number of nitrogens with two attached hydrogens (primary N) is 1. The maximum Gasteiger partial charge on any atom is 0.224 e. The molecule has 0 unspecified atom stereocenters. The van der Waals surface area contributed by atoms with Crippen molar-refractivity contribution >= 4 is 11.9 Å². The molecule has 0 fully saturated rings. The van der Waals surface area contributed by atoms with Crippen molar-refractivity contribution in [2.45, 2.75) is 27.3 Å². The Kier molecular flexibility index (Phi) is 6.14. The smallest absolute Gasteiger partial charge is 0.224 e. The van der Waals surface area contributed by atoms with E-state index in [2.05, 4.69) is 15.6 Å². The molecule has 6 heteroatoms. The Morgan fingerprint density at radius 3 is 2.43 bits per heavy atom. The van der Waals surface area contributed by atoms with Crippen molar-refractivity contribution in [2.75, 3.05) is 13.1 Å². The molecule has 116 valence electrons. The van der Waals surface area contributed by atoms with Crippen LogP contribution in [-0.2, 0) is 11.3 Å². The number of nitrogens with zero attached hydrogens (tertiary/aromatic N) is 1. The van der Waals surface area contributed by atoms with Crippen LogP contribution in [0.4, 0.5) is 4.39 Å². The zero-order valence-corrected chi connectivity index (χ0v) is 12.7. The normalized spacial score (nSPS) is 12.1. The Labute approximate surface area is 124 Å². The highest BCUT2D eigenvalue weighted by Gasteiger charge is 2.24. The molecule has 0 heterocycles. The molecule has 1 rings (SSSR count). The lowest BCUT2D eigenvalue weighted by molar-refractivity contribution is -0.125. The van der Waals surface area contributed by atoms with Crippen LogP contribution in [0.1, 0.15) is 26.3 Å². The summed E-state index contributed by atoms with van der Waals surface area (Å²) >= 11 is 0. The summed E-state index contributed by atoms with van der Waals surface area (Å²) in [4.78, 5) is 15.7. The molecule has 0 saturated heterocycles. The molecule has 0 radical (unpaired) electrons. The average molecular weight is 294 g/mol. The molecular weight excluding hydrogens is 271 g/mol. The molecule has 5 nitrogen and oxygen atoms in total. The van der Waals surface area contributed by atoms with Crippen LogP contribution >= 0.6 is 0 Å². The van der Waals surface area contributed by atoms with E-state index in [1.807, 2.05) is 6.92 Å². The minimum atomic E-state index is -0.661. The van der Waals surface area contributed by atoms with E-state index >= 15 is 0 Å². The SMILES string of the molecule is CCNC(=NCc1ccc(F)cc1)NCC(C)(C)C(N)=O. The molecule has 0 saturated carbocycles. The summed E-state index contributed by atoms with van der Waals surface area (Å²) in [7, 11) is 0. The first kappa shape index (κ1) is 16.9. The molecule has 0 aliphatic carbocycles. The predicted octanol–water partition coefficient (Wildman–Crippen LogP) is 1.39. The monoisotopic (exact) mass is 294 g/mol. The third-order valence-electron chi connectivity index (χ3n) is 3.04. The Bertz CT molecular complexity index is 497. The summed E-state index contributed by atoms with van der Waals surface area (Å²) in [5.74, 6) is -0.0449. The van der Waals surface area contributed by atoms with E-state index in [4.69, 9.17) is 5.73 Å². The van der Waals surface area contributed by atoms with E-state index in [-0.39, 0.29) is 11.7 Å². The Balaban J connectivity index is 2.65. The first-order valence-corrected chi connectivity index (χ1v) is 6.91. The molecule has 1 aromatic rings. The first-order valence-electron chi connectivity index (χ1n) is 6.91. The number of hydrogen-bond donors (Lipinski definition) is 3. The maximum atomic E-state index is 12.8. The van der Waals surface area contributed by atoms with Gasteiger partial charge in [0.25, 0.3) is 0 Å². The number of benzene rings is 1. The fourth-order valence-electron chi connectivity index (χ4n) is 1.49. The summed E-state index contributed by atoms with van der Waals surface area (Å²) in [5.41, 5.74) is 5.58. The molecular formula is C15H23FN4O. The summed E-state index contributed by atoms with van der Waals surface area (Å²) in [6.07, 6.45) is 0. The molecule has 1 aromatic carbocycles. The van der Waals surface area contributed by atoms with Crippen LogP contribution in [0.15, 0.2) is 29.3 Å². The van der Waals surface area contributed by atoms with Gasteiger partial charge < -0.3 is 16.4 Å². The van der Waals surface area contributed by atoms with Crippen LogP contribution < -0.4 is 16.4 Å². The van der Waals surface area contributed by atoms with Crippen molar-refractivity contribution in [2.24, 2.45) is 16.1 Å². The quantitative estimate of drug-likeness (QED) is 0.548. The summed E-state index contributed by atoms with van der Waals surface area (Å²) < 4.78 is 12.8. The van der Waals surface area contributed by atoms with E-state index in [1.54, 1.807) is 26.0 Å². The van der Waals surface area contributed by atoms with Gasteiger partial charge in [-0.1, -0.05) is 12.1 Å². The van der Waals surface area contributed by atoms with Crippen LogP contribution in [0, 0.1) is 11.2 Å². The largest absolute Gasteiger partial charge is 0.369 e. The minimum absolute atomic E-state index is 0.268. The highest BCUT2D eigenvalue weighted by Crippen LogP contribution is 2.11. The second-order valence-corrected chi connectivity index (χ2v) is 5.42. The third kappa shape index (κ3) is 5.81. The molecule has 1 amide bonds. The van der Waals surface area contributed by atoms with Crippen molar-refractivity contribution in [1.29, 1.82) is 0 Å². The summed E-state index contributed by atoms with van der Waals surface area (Å²) in [6, 6.07) is 6.19. The lowest BCUT2D eigenvalue weighted by atomic mass is 9.93. The van der Waals surface area contributed by atoms with E-state index in [0.717, 1.165) is 5.56 Å². The lowest BCUT2D eigenvalue weighted by Gasteiger charge is -2.22. The second kappa shape index (κ2) is 7.61. The first-order chi connectivity index (χ1) is 9.85. The minimum Gasteiger partial charge on any atom is -0.369 e. The lowest BCUT2D eigenvalue weighted by Crippen LogP contribution is -2.46. The number of nitrogens with one attached hydrogen (secondary N) is 2. The van der Waals surface area contributed by atoms with Crippen molar-refractivity contribution in [3.05, 3.63) is 35.6 Å². The Morgan fingerprint density at radius 2 is 1.90 bits per heavy atom. The van der Waals surface area contributed by atoms with Crippen LogP contribution in [-0.4, -0.2) is 25.0 Å². The zero-order chi connectivity index (χ0) is 15.9. The number of aliphatic imine (C=N–C) groups is 1. The van der Waals surface area contributed by atoms with E-state index in [0.29, 0.717) is 25.6 Å². The molecule has 0 spiro atoms. The van der Waals surface area contributed by atoms with Crippen LogP contribution in [0.5, 0.6) is 0 Å². The maximum absolute atomic E-state index is 12.8. The highest BCUT2D eigenvalue weighted by atomic mass is 19.1. The number of carbonyl (C=O) groups excluding carboxylic acids is 1. The van der Waals surface area contributed by atoms with Crippen molar-refractivity contribution < 1.29 is 9.18 Å². The molecule has 0 bridgehead atoms. The van der Waals surface area contributed by atoms with Gasteiger partial charge in [0.15, 0.2) is 5.96 Å². The molecule has 21 heavy (non-hydrogen) atoms. The Hall–Kier alpha value is -2.11. The number of rotatable bonds is 6. The molecule has 0 aliphatic rings. The van der Waals surface area contributed by atoms with Gasteiger partial charge in [-0.3, -0.25) is 4.79 Å². The Morgan fingerprint density at radius 1 is 1.29 bits per heavy atom. The number of guanidine groups is 1. The van der Waals surface area contributed by atoms with Crippen LogP contribution in [0.25, 0.3) is 0 Å². The number of amides is 1. The van der Waals surface area contributed by atoms with Gasteiger partial charge >= 0.3 is 0 Å². The van der Waals surface area contributed by atoms with E-state index < -0.39 is 5.41 Å². The van der Waals surface area contributed by atoms with E-state index in [1.165, 1.54) is 12.1 Å². The molecule has 0 aliphatic heterocycles. The number of primary amides is 1. The van der Waals surface area contributed by atoms with Gasteiger partial charge in [0.05, 0.1) is 12.0 Å². The molecule has 0 aromatic heterocycles. The third-order valence-corrected chi connectivity index (χ3v) is 3.04. The average Bonchev–Trinajstić information content (AvgIpc) is 2.43. The van der Waals surface area contributed by atoms with Gasteiger partial charge in [-0.25, -0.2) is 9.38 Å². The van der Waals surface area contributed by atoms with Crippen molar-refractivity contribution in [1.82, 2.24) is 10.6 Å². The van der Waals surface area contributed by atoms with Gasteiger partial charge in [-0.15, -0.1) is 0 Å².